The van der Waals surface area contributed by atoms with Crippen molar-refractivity contribution in [1.82, 2.24) is 4.90 Å². The number of aliphatic carboxylic acids is 1. The van der Waals surface area contributed by atoms with Crippen molar-refractivity contribution in [2.45, 2.75) is 26.7 Å². The van der Waals surface area contributed by atoms with E-state index in [0.717, 1.165) is 47.4 Å². The molecule has 1 heterocycles. The molecule has 0 aliphatic carbocycles. The predicted octanol–water partition coefficient (Wildman–Crippen LogP) is 4.52. The Labute approximate surface area is 176 Å². The van der Waals surface area contributed by atoms with Crippen molar-refractivity contribution in [1.29, 1.82) is 0 Å². The number of carbonyl (C=O) groups is 1. The van der Waals surface area contributed by atoms with E-state index in [9.17, 15) is 9.90 Å². The van der Waals surface area contributed by atoms with Crippen molar-refractivity contribution in [3.63, 3.8) is 0 Å². The van der Waals surface area contributed by atoms with Gasteiger partial charge in [0.25, 0.3) is 0 Å². The van der Waals surface area contributed by atoms with Crippen molar-refractivity contribution in [3.05, 3.63) is 69.7 Å². The highest BCUT2D eigenvalue weighted by molar-refractivity contribution is 6.31. The maximum Gasteiger partial charge on any atom is 0.307 e. The van der Waals surface area contributed by atoms with Gasteiger partial charge in [-0.2, -0.15) is 0 Å². The number of hydrogen-bond acceptors (Lipinski definition) is 4. The van der Waals surface area contributed by atoms with Gasteiger partial charge in [-0.3, -0.25) is 9.69 Å². The summed E-state index contributed by atoms with van der Waals surface area (Å²) in [6.07, 6.45) is 1.65. The van der Waals surface area contributed by atoms with E-state index in [1.807, 2.05) is 43.3 Å². The maximum atomic E-state index is 11.2. The molecule has 154 valence electrons. The van der Waals surface area contributed by atoms with Gasteiger partial charge in [0.2, 0.25) is 0 Å². The fraction of sp³-hybridized carbons (Fsp3) is 0.391. The number of oxime groups is 1. The number of nitrogens with zero attached hydrogens (tertiary/aromatic N) is 2. The standard InChI is InChI=1S/C23H27ClN2O3/c1-16-6-3-4-8-20(16)22(21-10-9-19(24)14-17(21)2)25-29-13-12-26-11-5-7-18(15-26)23(27)28/h3-4,6,8-10,14,18H,5,7,11-13,15H2,1-2H3,(H,27,28)/b25-22+. The number of halogens is 1. The molecular formula is C23H27ClN2O3. The summed E-state index contributed by atoms with van der Waals surface area (Å²) in [5, 5.41) is 14.4. The van der Waals surface area contributed by atoms with Crippen LogP contribution in [0.3, 0.4) is 0 Å². The lowest BCUT2D eigenvalue weighted by atomic mass is 9.95. The highest BCUT2D eigenvalue weighted by Crippen LogP contribution is 2.21. The van der Waals surface area contributed by atoms with Gasteiger partial charge in [-0.25, -0.2) is 0 Å². The lowest BCUT2D eigenvalue weighted by molar-refractivity contribution is -0.143. The normalized spacial score (nSPS) is 17.9. The molecule has 29 heavy (non-hydrogen) atoms. The molecule has 1 aliphatic heterocycles. The number of aryl methyl sites for hydroxylation is 2. The molecule has 1 unspecified atom stereocenters. The Balaban J connectivity index is 1.74. The summed E-state index contributed by atoms with van der Waals surface area (Å²) in [5.41, 5.74) is 4.92. The first-order valence-corrected chi connectivity index (χ1v) is 10.3. The molecule has 1 atom stereocenters. The summed E-state index contributed by atoms with van der Waals surface area (Å²) in [7, 11) is 0. The molecule has 0 radical (unpaired) electrons. The van der Waals surface area contributed by atoms with Gasteiger partial charge in [-0.15, -0.1) is 0 Å². The quantitative estimate of drug-likeness (QED) is 0.411. The third-order valence-corrected chi connectivity index (χ3v) is 5.59. The van der Waals surface area contributed by atoms with Crippen LogP contribution in [0.5, 0.6) is 0 Å². The monoisotopic (exact) mass is 414 g/mol. The number of carboxylic acid groups (broad SMARTS) is 1. The fourth-order valence-electron chi connectivity index (χ4n) is 3.72. The smallest absolute Gasteiger partial charge is 0.307 e. The van der Waals surface area contributed by atoms with Crippen LogP contribution >= 0.6 is 11.6 Å². The van der Waals surface area contributed by atoms with Crippen LogP contribution in [0.25, 0.3) is 0 Å². The molecular weight excluding hydrogens is 388 g/mol. The summed E-state index contributed by atoms with van der Waals surface area (Å²) in [4.78, 5) is 19.1. The number of rotatable bonds is 7. The molecule has 6 heteroatoms. The molecule has 0 bridgehead atoms. The van der Waals surface area contributed by atoms with Crippen LogP contribution in [-0.2, 0) is 9.63 Å². The lowest BCUT2D eigenvalue weighted by Gasteiger charge is -2.30. The Kier molecular flexibility index (Phi) is 7.29. The van der Waals surface area contributed by atoms with Crippen LogP contribution in [0.15, 0.2) is 47.6 Å². The minimum absolute atomic E-state index is 0.286. The molecule has 2 aromatic rings. The molecule has 1 fully saturated rings. The van der Waals surface area contributed by atoms with Crippen LogP contribution in [0.4, 0.5) is 0 Å². The van der Waals surface area contributed by atoms with Gasteiger partial charge in [-0.1, -0.05) is 47.1 Å². The average molecular weight is 415 g/mol. The van der Waals surface area contributed by atoms with Crippen LogP contribution < -0.4 is 0 Å². The predicted molar refractivity (Wildman–Crippen MR) is 116 cm³/mol. The molecule has 0 amide bonds. The fourth-order valence-corrected chi connectivity index (χ4v) is 3.94. The largest absolute Gasteiger partial charge is 0.481 e. The van der Waals surface area contributed by atoms with E-state index in [1.165, 1.54) is 0 Å². The number of benzene rings is 2. The van der Waals surface area contributed by atoms with Gasteiger partial charge in [-0.05, 0) is 56.5 Å². The molecule has 0 spiro atoms. The third kappa shape index (κ3) is 5.58. The Morgan fingerprint density at radius 1 is 1.21 bits per heavy atom. The number of carboxylic acids is 1. The summed E-state index contributed by atoms with van der Waals surface area (Å²) >= 11 is 6.13. The number of piperidine rings is 1. The summed E-state index contributed by atoms with van der Waals surface area (Å²) in [5.74, 6) is -1.000. The first-order valence-electron chi connectivity index (χ1n) is 9.93. The second kappa shape index (κ2) is 9.90. The summed E-state index contributed by atoms with van der Waals surface area (Å²) in [6, 6.07) is 13.8. The zero-order chi connectivity index (χ0) is 20.8. The molecule has 0 aromatic heterocycles. The Morgan fingerprint density at radius 2 is 1.97 bits per heavy atom. The second-order valence-corrected chi connectivity index (χ2v) is 7.96. The SMILES string of the molecule is Cc1ccccc1/C(=N\OCCN1CCCC(C(=O)O)C1)c1ccc(Cl)cc1C. The molecule has 1 N–H and O–H groups in total. The topological polar surface area (TPSA) is 62.1 Å². The van der Waals surface area contributed by atoms with Gasteiger partial charge in [0.05, 0.1) is 5.92 Å². The Bertz CT molecular complexity index is 897. The van der Waals surface area contributed by atoms with E-state index in [-0.39, 0.29) is 5.92 Å². The minimum atomic E-state index is -0.714. The van der Waals surface area contributed by atoms with Crippen molar-refractivity contribution < 1.29 is 14.7 Å². The molecule has 1 saturated heterocycles. The summed E-state index contributed by atoms with van der Waals surface area (Å²) in [6.45, 7) is 6.61. The first-order chi connectivity index (χ1) is 14.0. The van der Waals surface area contributed by atoms with Gasteiger partial charge in [0.15, 0.2) is 0 Å². The zero-order valence-electron chi connectivity index (χ0n) is 16.9. The van der Waals surface area contributed by atoms with E-state index in [4.69, 9.17) is 16.4 Å². The van der Waals surface area contributed by atoms with Crippen LogP contribution in [-0.4, -0.2) is 47.9 Å². The van der Waals surface area contributed by atoms with Gasteiger partial charge in [0.1, 0.15) is 12.3 Å². The van der Waals surface area contributed by atoms with Crippen molar-refractivity contribution in [2.75, 3.05) is 26.2 Å². The third-order valence-electron chi connectivity index (χ3n) is 5.35. The van der Waals surface area contributed by atoms with Crippen LogP contribution in [0.2, 0.25) is 5.02 Å². The van der Waals surface area contributed by atoms with Gasteiger partial charge in [0, 0.05) is 29.2 Å². The van der Waals surface area contributed by atoms with Crippen molar-refractivity contribution >= 4 is 23.3 Å². The van der Waals surface area contributed by atoms with E-state index >= 15 is 0 Å². The zero-order valence-corrected chi connectivity index (χ0v) is 17.7. The Morgan fingerprint density at radius 3 is 2.69 bits per heavy atom. The van der Waals surface area contributed by atoms with Crippen molar-refractivity contribution in [3.8, 4) is 0 Å². The van der Waals surface area contributed by atoms with Crippen LogP contribution in [0.1, 0.15) is 35.1 Å². The first kappa shape index (κ1) is 21.3. The average Bonchev–Trinajstić information content (AvgIpc) is 2.70. The van der Waals surface area contributed by atoms with Crippen molar-refractivity contribution in [2.24, 2.45) is 11.1 Å². The van der Waals surface area contributed by atoms with Gasteiger partial charge >= 0.3 is 5.97 Å². The molecule has 0 saturated carbocycles. The Hall–Kier alpha value is -2.37. The summed E-state index contributed by atoms with van der Waals surface area (Å²) < 4.78 is 0. The molecule has 3 rings (SSSR count). The molecule has 1 aliphatic rings. The van der Waals surface area contributed by atoms with Crippen LogP contribution in [0, 0.1) is 19.8 Å². The number of hydrogen-bond donors (Lipinski definition) is 1. The van der Waals surface area contributed by atoms with E-state index in [1.54, 1.807) is 0 Å². The molecule has 2 aromatic carbocycles. The second-order valence-electron chi connectivity index (χ2n) is 7.53. The number of likely N-dealkylation sites (tertiary alicyclic amines) is 1. The molecule has 5 nitrogen and oxygen atoms in total. The lowest BCUT2D eigenvalue weighted by Crippen LogP contribution is -2.40. The van der Waals surface area contributed by atoms with Gasteiger partial charge < -0.3 is 9.94 Å². The van der Waals surface area contributed by atoms with E-state index in [0.29, 0.717) is 24.7 Å². The highest BCUT2D eigenvalue weighted by Gasteiger charge is 2.25. The highest BCUT2D eigenvalue weighted by atomic mass is 35.5. The van der Waals surface area contributed by atoms with E-state index < -0.39 is 5.97 Å². The minimum Gasteiger partial charge on any atom is -0.481 e. The maximum absolute atomic E-state index is 11.2. The van der Waals surface area contributed by atoms with E-state index in [2.05, 4.69) is 23.0 Å².